The van der Waals surface area contributed by atoms with Gasteiger partial charge in [-0.15, -0.1) is 0 Å². The summed E-state index contributed by atoms with van der Waals surface area (Å²) in [4.78, 5) is 0. The predicted octanol–water partition coefficient (Wildman–Crippen LogP) is 2.60. The topological polar surface area (TPSA) is 25.2 Å². The lowest BCUT2D eigenvalue weighted by molar-refractivity contribution is 0.495. The maximum atomic E-state index is 5.23. The molecule has 0 amide bonds. The van der Waals surface area contributed by atoms with Crippen molar-refractivity contribution in [3.8, 4) is 0 Å². The maximum Gasteiger partial charge on any atom is 0.103 e. The Morgan fingerprint density at radius 1 is 1.31 bits per heavy atom. The van der Waals surface area contributed by atoms with Crippen molar-refractivity contribution in [1.29, 1.82) is 0 Å². The van der Waals surface area contributed by atoms with E-state index < -0.39 is 0 Å². The van der Waals surface area contributed by atoms with E-state index >= 15 is 0 Å². The molecule has 2 nitrogen and oxygen atoms in total. The molecule has 0 atom stereocenters. The monoisotopic (exact) mass is 181 g/mol. The zero-order chi connectivity index (χ0) is 9.36. The number of rotatable bonds is 7. The van der Waals surface area contributed by atoms with Crippen molar-refractivity contribution in [2.24, 2.45) is 0 Å². The molecule has 2 heteroatoms. The van der Waals surface area contributed by atoms with Gasteiger partial charge in [-0.25, -0.2) is 0 Å². The largest absolute Gasteiger partial charge is 0.469 e. The lowest BCUT2D eigenvalue weighted by atomic mass is 10.2. The first-order valence-electron chi connectivity index (χ1n) is 5.16. The highest BCUT2D eigenvalue weighted by molar-refractivity contribution is 4.97. The van der Waals surface area contributed by atoms with E-state index in [1.165, 1.54) is 12.8 Å². The summed E-state index contributed by atoms with van der Waals surface area (Å²) in [5.41, 5.74) is 0. The molecule has 0 saturated heterocycles. The van der Waals surface area contributed by atoms with E-state index in [1.54, 1.807) is 6.26 Å². The second-order valence-electron chi connectivity index (χ2n) is 3.29. The molecule has 1 aromatic rings. The smallest absolute Gasteiger partial charge is 0.103 e. The van der Waals surface area contributed by atoms with Crippen LogP contribution in [-0.2, 0) is 6.42 Å². The minimum absolute atomic E-state index is 1.05. The first-order chi connectivity index (χ1) is 6.43. The second kappa shape index (κ2) is 6.72. The summed E-state index contributed by atoms with van der Waals surface area (Å²) in [7, 11) is 0. The number of unbranched alkanes of at least 4 members (excludes halogenated alkanes) is 1. The third-order valence-electron chi connectivity index (χ3n) is 2.06. The SMILES string of the molecule is CCCCNCCCc1ccco1. The zero-order valence-corrected chi connectivity index (χ0v) is 8.38. The van der Waals surface area contributed by atoms with Crippen LogP contribution >= 0.6 is 0 Å². The zero-order valence-electron chi connectivity index (χ0n) is 8.38. The molecule has 0 spiro atoms. The van der Waals surface area contributed by atoms with Crippen LogP contribution in [0.2, 0.25) is 0 Å². The first kappa shape index (κ1) is 10.3. The van der Waals surface area contributed by atoms with Gasteiger partial charge in [0.05, 0.1) is 6.26 Å². The number of furan rings is 1. The van der Waals surface area contributed by atoms with Crippen LogP contribution in [0.5, 0.6) is 0 Å². The Morgan fingerprint density at radius 3 is 2.85 bits per heavy atom. The van der Waals surface area contributed by atoms with Crippen LogP contribution < -0.4 is 5.32 Å². The standard InChI is InChI=1S/C11H19NO/c1-2-3-8-12-9-4-6-11-7-5-10-13-11/h5,7,10,12H,2-4,6,8-9H2,1H3. The summed E-state index contributed by atoms with van der Waals surface area (Å²) in [5.74, 6) is 1.09. The molecular weight excluding hydrogens is 162 g/mol. The van der Waals surface area contributed by atoms with Gasteiger partial charge in [0.25, 0.3) is 0 Å². The van der Waals surface area contributed by atoms with Gasteiger partial charge in [-0.05, 0) is 38.1 Å². The fraction of sp³-hybridized carbons (Fsp3) is 0.636. The van der Waals surface area contributed by atoms with Crippen LogP contribution in [-0.4, -0.2) is 13.1 Å². The predicted molar refractivity (Wildman–Crippen MR) is 54.8 cm³/mol. The van der Waals surface area contributed by atoms with E-state index in [0.717, 1.165) is 31.7 Å². The summed E-state index contributed by atoms with van der Waals surface area (Å²) in [6.45, 7) is 4.46. The Hall–Kier alpha value is -0.760. The highest BCUT2D eigenvalue weighted by atomic mass is 16.3. The van der Waals surface area contributed by atoms with Gasteiger partial charge in [-0.2, -0.15) is 0 Å². The highest BCUT2D eigenvalue weighted by Crippen LogP contribution is 2.02. The fourth-order valence-corrected chi connectivity index (χ4v) is 1.27. The molecule has 0 saturated carbocycles. The van der Waals surface area contributed by atoms with E-state index in [4.69, 9.17) is 4.42 Å². The molecule has 0 aliphatic heterocycles. The van der Waals surface area contributed by atoms with Crippen molar-refractivity contribution in [1.82, 2.24) is 5.32 Å². The van der Waals surface area contributed by atoms with E-state index in [1.807, 2.05) is 12.1 Å². The minimum Gasteiger partial charge on any atom is -0.469 e. The van der Waals surface area contributed by atoms with Gasteiger partial charge >= 0.3 is 0 Å². The van der Waals surface area contributed by atoms with Crippen LogP contribution in [0, 0.1) is 0 Å². The van der Waals surface area contributed by atoms with E-state index in [-0.39, 0.29) is 0 Å². The molecule has 1 aromatic heterocycles. The summed E-state index contributed by atoms with van der Waals surface area (Å²) in [6.07, 6.45) is 6.50. The molecule has 0 unspecified atom stereocenters. The number of hydrogen-bond donors (Lipinski definition) is 1. The summed E-state index contributed by atoms with van der Waals surface area (Å²) >= 11 is 0. The fourth-order valence-electron chi connectivity index (χ4n) is 1.27. The molecule has 1 rings (SSSR count). The summed E-state index contributed by atoms with van der Waals surface area (Å²) < 4.78 is 5.23. The van der Waals surface area contributed by atoms with Gasteiger partial charge in [0.2, 0.25) is 0 Å². The Balaban J connectivity index is 1.90. The van der Waals surface area contributed by atoms with E-state index in [2.05, 4.69) is 12.2 Å². The molecule has 0 radical (unpaired) electrons. The average Bonchev–Trinajstić information content (AvgIpc) is 2.63. The number of aryl methyl sites for hydroxylation is 1. The van der Waals surface area contributed by atoms with Crippen LogP contribution in [0.1, 0.15) is 31.9 Å². The maximum absolute atomic E-state index is 5.23. The molecule has 0 aromatic carbocycles. The molecule has 1 heterocycles. The lowest BCUT2D eigenvalue weighted by Gasteiger charge is -2.01. The van der Waals surface area contributed by atoms with E-state index in [0.29, 0.717) is 0 Å². The lowest BCUT2D eigenvalue weighted by Crippen LogP contribution is -2.16. The van der Waals surface area contributed by atoms with Gasteiger partial charge in [-0.3, -0.25) is 0 Å². The van der Waals surface area contributed by atoms with Crippen LogP contribution in [0.25, 0.3) is 0 Å². The highest BCUT2D eigenvalue weighted by Gasteiger charge is 1.94. The summed E-state index contributed by atoms with van der Waals surface area (Å²) in [6, 6.07) is 3.98. The first-order valence-corrected chi connectivity index (χ1v) is 5.16. The van der Waals surface area contributed by atoms with E-state index in [9.17, 15) is 0 Å². The van der Waals surface area contributed by atoms with Gasteiger partial charge in [0.15, 0.2) is 0 Å². The van der Waals surface area contributed by atoms with Gasteiger partial charge < -0.3 is 9.73 Å². The molecule has 0 aliphatic rings. The number of hydrogen-bond acceptors (Lipinski definition) is 2. The van der Waals surface area contributed by atoms with Gasteiger partial charge in [-0.1, -0.05) is 13.3 Å². The van der Waals surface area contributed by atoms with Crippen LogP contribution in [0.4, 0.5) is 0 Å². The molecule has 74 valence electrons. The molecule has 0 aliphatic carbocycles. The molecule has 0 bridgehead atoms. The van der Waals surface area contributed by atoms with Crippen molar-refractivity contribution < 1.29 is 4.42 Å². The van der Waals surface area contributed by atoms with Crippen molar-refractivity contribution in [3.05, 3.63) is 24.2 Å². The Bertz CT molecular complexity index is 194. The Morgan fingerprint density at radius 2 is 2.15 bits per heavy atom. The third-order valence-corrected chi connectivity index (χ3v) is 2.06. The third kappa shape index (κ3) is 4.73. The van der Waals surface area contributed by atoms with Crippen LogP contribution in [0.15, 0.2) is 22.8 Å². The Kier molecular flexibility index (Phi) is 5.34. The van der Waals surface area contributed by atoms with Crippen molar-refractivity contribution in [2.75, 3.05) is 13.1 Å². The molecular formula is C11H19NO. The van der Waals surface area contributed by atoms with Crippen molar-refractivity contribution >= 4 is 0 Å². The van der Waals surface area contributed by atoms with Crippen LogP contribution in [0.3, 0.4) is 0 Å². The van der Waals surface area contributed by atoms with Crippen molar-refractivity contribution in [2.45, 2.75) is 32.6 Å². The minimum atomic E-state index is 1.05. The second-order valence-corrected chi connectivity index (χ2v) is 3.29. The number of nitrogens with one attached hydrogen (secondary N) is 1. The van der Waals surface area contributed by atoms with Gasteiger partial charge in [0.1, 0.15) is 5.76 Å². The quantitative estimate of drug-likeness (QED) is 0.654. The van der Waals surface area contributed by atoms with Gasteiger partial charge in [0, 0.05) is 6.42 Å². The summed E-state index contributed by atoms with van der Waals surface area (Å²) in [5, 5.41) is 3.41. The molecule has 13 heavy (non-hydrogen) atoms. The normalized spacial score (nSPS) is 10.5. The average molecular weight is 181 g/mol. The molecule has 1 N–H and O–H groups in total. The Labute approximate surface area is 80.3 Å². The molecule has 0 fully saturated rings. The van der Waals surface area contributed by atoms with Crippen molar-refractivity contribution in [3.63, 3.8) is 0 Å².